The third kappa shape index (κ3) is 3.53. The van der Waals surface area contributed by atoms with E-state index in [0.717, 1.165) is 80.6 Å². The van der Waals surface area contributed by atoms with E-state index in [0.29, 0.717) is 24.1 Å². The van der Waals surface area contributed by atoms with Crippen LogP contribution in [0.25, 0.3) is 11.0 Å². The smallest absolute Gasteiger partial charge is 0.162 e. The van der Waals surface area contributed by atoms with Crippen molar-refractivity contribution in [1.29, 1.82) is 5.26 Å². The Kier molecular flexibility index (Phi) is 5.28. The highest BCUT2D eigenvalue weighted by Crippen LogP contribution is 2.34. The van der Waals surface area contributed by atoms with Gasteiger partial charge in [-0.1, -0.05) is 12.1 Å². The number of hydrogen-bond donors (Lipinski definition) is 0. The largest absolute Gasteiger partial charge is 0.352 e. The number of nitrogens with zero attached hydrogens (tertiary/aromatic N) is 6. The Morgan fingerprint density at radius 1 is 1.03 bits per heavy atom. The summed E-state index contributed by atoms with van der Waals surface area (Å²) in [5, 5.41) is 9.71. The lowest BCUT2D eigenvalue weighted by molar-refractivity contribution is 0.259. The van der Waals surface area contributed by atoms with Gasteiger partial charge >= 0.3 is 0 Å². The highest BCUT2D eigenvalue weighted by Gasteiger charge is 2.27. The molecular weight excluding hydrogens is 398 g/mol. The fourth-order valence-corrected chi connectivity index (χ4v) is 4.83. The minimum atomic E-state index is -0.789. The molecule has 0 aliphatic carbocycles. The van der Waals surface area contributed by atoms with E-state index in [1.807, 2.05) is 0 Å². The van der Waals surface area contributed by atoms with Crippen LogP contribution < -0.4 is 4.90 Å². The molecule has 31 heavy (non-hydrogen) atoms. The number of nitriles is 1. The van der Waals surface area contributed by atoms with Gasteiger partial charge in [-0.05, 0) is 37.3 Å². The van der Waals surface area contributed by atoms with Crippen molar-refractivity contribution in [3.05, 3.63) is 53.0 Å². The molecule has 1 fully saturated rings. The molecule has 2 aliphatic rings. The molecule has 6 nitrogen and oxygen atoms in total. The Morgan fingerprint density at radius 3 is 2.68 bits per heavy atom. The Hall–Kier alpha value is -3.05. The zero-order valence-corrected chi connectivity index (χ0v) is 17.3. The van der Waals surface area contributed by atoms with Gasteiger partial charge in [0.2, 0.25) is 0 Å². The molecule has 0 atom stereocenters. The second kappa shape index (κ2) is 8.23. The second-order valence-electron chi connectivity index (χ2n) is 8.23. The van der Waals surface area contributed by atoms with Gasteiger partial charge in [0.05, 0.1) is 5.56 Å². The van der Waals surface area contributed by atoms with Crippen molar-refractivity contribution in [1.82, 2.24) is 19.4 Å². The van der Waals surface area contributed by atoms with Crippen LogP contribution in [0.1, 0.15) is 29.7 Å². The summed E-state index contributed by atoms with van der Waals surface area (Å²) in [6, 6.07) is 6.71. The fourth-order valence-electron chi connectivity index (χ4n) is 4.83. The maximum atomic E-state index is 13.9. The van der Waals surface area contributed by atoms with Crippen molar-refractivity contribution in [3.8, 4) is 6.07 Å². The van der Waals surface area contributed by atoms with Crippen LogP contribution in [-0.2, 0) is 19.4 Å². The third-order valence-corrected chi connectivity index (χ3v) is 6.48. The van der Waals surface area contributed by atoms with Crippen LogP contribution in [-0.4, -0.2) is 52.2 Å². The minimum absolute atomic E-state index is 0.420. The number of hydrogen-bond acceptors (Lipinski definition) is 5. The number of piperazine rings is 1. The van der Waals surface area contributed by atoms with E-state index in [2.05, 4.69) is 30.4 Å². The molecule has 5 rings (SSSR count). The van der Waals surface area contributed by atoms with E-state index in [1.54, 1.807) is 18.5 Å². The molecule has 2 aromatic heterocycles. The highest BCUT2D eigenvalue weighted by atomic mass is 19.2. The molecule has 4 heterocycles. The Morgan fingerprint density at radius 2 is 1.87 bits per heavy atom. The molecule has 0 spiro atoms. The molecule has 0 amide bonds. The maximum Gasteiger partial charge on any atom is 0.162 e. The molecule has 1 saturated heterocycles. The zero-order chi connectivity index (χ0) is 21.4. The van der Waals surface area contributed by atoms with E-state index in [-0.39, 0.29) is 0 Å². The second-order valence-corrected chi connectivity index (χ2v) is 8.23. The molecule has 0 radical (unpaired) electrons. The van der Waals surface area contributed by atoms with Gasteiger partial charge in [0.15, 0.2) is 17.5 Å². The minimum Gasteiger partial charge on any atom is -0.352 e. The van der Waals surface area contributed by atoms with Gasteiger partial charge in [0.25, 0.3) is 0 Å². The molecule has 8 heteroatoms. The third-order valence-electron chi connectivity index (χ3n) is 6.48. The van der Waals surface area contributed by atoms with Gasteiger partial charge in [0, 0.05) is 45.0 Å². The normalized spacial score (nSPS) is 17.0. The van der Waals surface area contributed by atoms with E-state index >= 15 is 0 Å². The van der Waals surface area contributed by atoms with Crippen LogP contribution in [0.15, 0.2) is 24.5 Å². The Balaban J connectivity index is 1.32. The van der Waals surface area contributed by atoms with Crippen molar-refractivity contribution >= 4 is 16.9 Å². The monoisotopic (exact) mass is 422 g/mol. The molecule has 3 aromatic rings. The summed E-state index contributed by atoms with van der Waals surface area (Å²) < 4.78 is 29.6. The SMILES string of the molecule is N#Cc1c2n(c3c(N4CCN(CCc5cccc(F)c5F)CC4)ncnc13)CCCC2. The van der Waals surface area contributed by atoms with Crippen molar-refractivity contribution in [2.45, 2.75) is 32.2 Å². The first kappa shape index (κ1) is 19.9. The summed E-state index contributed by atoms with van der Waals surface area (Å²) >= 11 is 0. The van der Waals surface area contributed by atoms with E-state index < -0.39 is 11.6 Å². The van der Waals surface area contributed by atoms with Gasteiger partial charge in [0.1, 0.15) is 23.4 Å². The van der Waals surface area contributed by atoms with Crippen molar-refractivity contribution < 1.29 is 8.78 Å². The number of fused-ring (bicyclic) bond motifs is 3. The molecule has 0 bridgehead atoms. The van der Waals surface area contributed by atoms with E-state index in [1.165, 1.54) is 0 Å². The van der Waals surface area contributed by atoms with Gasteiger partial charge in [-0.3, -0.25) is 4.90 Å². The molecular formula is C23H24F2N6. The molecule has 160 valence electrons. The van der Waals surface area contributed by atoms with E-state index in [4.69, 9.17) is 0 Å². The average Bonchev–Trinajstić information content (AvgIpc) is 3.14. The lowest BCUT2D eigenvalue weighted by Crippen LogP contribution is -2.47. The van der Waals surface area contributed by atoms with Gasteiger partial charge < -0.3 is 9.47 Å². The number of benzene rings is 1. The predicted octanol–water partition coefficient (Wildman–Crippen LogP) is 3.28. The summed E-state index contributed by atoms with van der Waals surface area (Å²) in [7, 11) is 0. The first-order valence-corrected chi connectivity index (χ1v) is 10.8. The zero-order valence-electron chi connectivity index (χ0n) is 17.3. The molecule has 2 aliphatic heterocycles. The summed E-state index contributed by atoms with van der Waals surface area (Å²) in [4.78, 5) is 13.6. The lowest BCUT2D eigenvalue weighted by Gasteiger charge is -2.35. The van der Waals surface area contributed by atoms with Crippen molar-refractivity contribution in [2.24, 2.45) is 0 Å². The number of anilines is 1. The van der Waals surface area contributed by atoms with Crippen molar-refractivity contribution in [2.75, 3.05) is 37.6 Å². The fraction of sp³-hybridized carbons (Fsp3) is 0.435. The Labute approximate surface area is 179 Å². The van der Waals surface area contributed by atoms with Crippen LogP contribution in [0, 0.1) is 23.0 Å². The van der Waals surface area contributed by atoms with Crippen LogP contribution in [0.5, 0.6) is 0 Å². The van der Waals surface area contributed by atoms with Crippen LogP contribution in [0.4, 0.5) is 14.6 Å². The summed E-state index contributed by atoms with van der Waals surface area (Å²) in [5.41, 5.74) is 3.93. The number of aryl methyl sites for hydroxylation is 1. The first-order chi connectivity index (χ1) is 15.2. The van der Waals surface area contributed by atoms with Crippen LogP contribution in [0.2, 0.25) is 0 Å². The highest BCUT2D eigenvalue weighted by molar-refractivity contribution is 5.92. The topological polar surface area (TPSA) is 61.0 Å². The first-order valence-electron chi connectivity index (χ1n) is 10.8. The number of rotatable bonds is 4. The van der Waals surface area contributed by atoms with E-state index in [9.17, 15) is 14.0 Å². The molecule has 0 saturated carbocycles. The summed E-state index contributed by atoms with van der Waals surface area (Å²) in [5.74, 6) is -0.636. The quantitative estimate of drug-likeness (QED) is 0.646. The van der Waals surface area contributed by atoms with Gasteiger partial charge in [-0.25, -0.2) is 18.7 Å². The molecule has 0 N–H and O–H groups in total. The molecule has 1 aromatic carbocycles. The molecule has 0 unspecified atom stereocenters. The summed E-state index contributed by atoms with van der Waals surface area (Å²) in [6.07, 6.45) is 5.14. The maximum absolute atomic E-state index is 13.9. The van der Waals surface area contributed by atoms with Gasteiger partial charge in [-0.2, -0.15) is 5.26 Å². The van der Waals surface area contributed by atoms with Gasteiger partial charge in [-0.15, -0.1) is 0 Å². The average molecular weight is 422 g/mol. The summed E-state index contributed by atoms with van der Waals surface area (Å²) in [6.45, 7) is 4.81. The standard InChI is InChI=1S/C23H24F2N6/c24-18-5-3-4-16(20(18)25)7-9-29-10-12-30(13-11-29)23-22-21(27-15-28-23)17(14-26)19-6-1-2-8-31(19)22/h3-5,15H,1-2,6-13H2. The number of aromatic nitrogens is 3. The Bertz CT molecular complexity index is 1160. The van der Waals surface area contributed by atoms with Crippen LogP contribution >= 0.6 is 0 Å². The lowest BCUT2D eigenvalue weighted by atomic mass is 10.1. The van der Waals surface area contributed by atoms with Crippen LogP contribution in [0.3, 0.4) is 0 Å². The van der Waals surface area contributed by atoms with Crippen molar-refractivity contribution in [3.63, 3.8) is 0 Å². The predicted molar refractivity (Wildman–Crippen MR) is 114 cm³/mol. The number of halogens is 2.